The Balaban J connectivity index is 2.45. The number of hydrogen-bond acceptors (Lipinski definition) is 3. The molecule has 108 valence electrons. The summed E-state index contributed by atoms with van der Waals surface area (Å²) in [6.45, 7) is 2.19. The zero-order valence-electron chi connectivity index (χ0n) is 10.6. The van der Waals surface area contributed by atoms with E-state index in [1.807, 2.05) is 0 Å². The van der Waals surface area contributed by atoms with Crippen LogP contribution in [-0.4, -0.2) is 22.3 Å². The van der Waals surface area contributed by atoms with Crippen LogP contribution in [0.1, 0.15) is 18.1 Å². The number of nitrogens with two attached hydrogens (primary N) is 1. The van der Waals surface area contributed by atoms with Crippen molar-refractivity contribution >= 4 is 44.7 Å². The van der Waals surface area contributed by atoms with Crippen LogP contribution in [0.4, 0.5) is 9.18 Å². The lowest BCUT2D eigenvalue weighted by molar-refractivity contribution is 0.152. The monoisotopic (exact) mass is 363 g/mol. The van der Waals surface area contributed by atoms with Crippen molar-refractivity contribution in [3.05, 3.63) is 28.2 Å². The van der Waals surface area contributed by atoms with Gasteiger partial charge in [0.1, 0.15) is 18.2 Å². The Kier molecular flexibility index (Phi) is 4.49. The Labute approximate surface area is 128 Å². The Morgan fingerprint density at radius 2 is 2.35 bits per heavy atom. The van der Waals surface area contributed by atoms with E-state index in [-0.39, 0.29) is 12.0 Å². The van der Waals surface area contributed by atoms with Gasteiger partial charge in [-0.05, 0) is 28.9 Å². The smallest absolute Gasteiger partial charge is 0.404 e. The van der Waals surface area contributed by atoms with Gasteiger partial charge in [0, 0.05) is 6.07 Å². The standard InChI is InChI=1S/C12H12BrClFN3O2/c1-6(14)11-17-9-5-8(15)7(13)4-10(9)18(11)2-3-20-12(16)19/h4-6H,2-3H2,1H3,(H2,16,19). The van der Waals surface area contributed by atoms with E-state index in [0.29, 0.717) is 27.9 Å². The second-order valence-corrected chi connectivity index (χ2v) is 5.67. The third-order valence-electron chi connectivity index (χ3n) is 2.73. The summed E-state index contributed by atoms with van der Waals surface area (Å²) in [5.41, 5.74) is 6.11. The number of carbonyl (C=O) groups excluding carboxylic acids is 1. The highest BCUT2D eigenvalue weighted by atomic mass is 79.9. The van der Waals surface area contributed by atoms with Gasteiger partial charge in [0.2, 0.25) is 0 Å². The van der Waals surface area contributed by atoms with E-state index >= 15 is 0 Å². The predicted molar refractivity (Wildman–Crippen MR) is 77.2 cm³/mol. The lowest BCUT2D eigenvalue weighted by Crippen LogP contribution is -2.17. The van der Waals surface area contributed by atoms with Gasteiger partial charge >= 0.3 is 6.09 Å². The summed E-state index contributed by atoms with van der Waals surface area (Å²) in [4.78, 5) is 14.9. The van der Waals surface area contributed by atoms with E-state index in [1.165, 1.54) is 6.07 Å². The van der Waals surface area contributed by atoms with Gasteiger partial charge in [0.25, 0.3) is 0 Å². The third-order valence-corrected chi connectivity index (χ3v) is 3.54. The number of nitrogens with zero attached hydrogens (tertiary/aromatic N) is 2. The highest BCUT2D eigenvalue weighted by Crippen LogP contribution is 2.28. The highest BCUT2D eigenvalue weighted by molar-refractivity contribution is 9.10. The normalized spacial score (nSPS) is 12.6. The number of rotatable bonds is 4. The molecule has 8 heteroatoms. The van der Waals surface area contributed by atoms with Gasteiger partial charge in [-0.15, -0.1) is 11.6 Å². The van der Waals surface area contributed by atoms with Crippen molar-refractivity contribution in [1.82, 2.24) is 9.55 Å². The molecule has 0 aliphatic rings. The van der Waals surface area contributed by atoms with Crippen LogP contribution < -0.4 is 5.73 Å². The van der Waals surface area contributed by atoms with Crippen LogP contribution in [0.3, 0.4) is 0 Å². The molecule has 2 rings (SSSR count). The summed E-state index contributed by atoms with van der Waals surface area (Å²) in [6.07, 6.45) is -0.845. The van der Waals surface area contributed by atoms with Gasteiger partial charge in [-0.2, -0.15) is 0 Å². The molecule has 0 bridgehead atoms. The molecule has 1 unspecified atom stereocenters. The van der Waals surface area contributed by atoms with Crippen molar-refractivity contribution in [2.75, 3.05) is 6.61 Å². The molecule has 0 radical (unpaired) electrons. The van der Waals surface area contributed by atoms with Crippen molar-refractivity contribution in [2.24, 2.45) is 5.73 Å². The highest BCUT2D eigenvalue weighted by Gasteiger charge is 2.17. The maximum absolute atomic E-state index is 13.5. The van der Waals surface area contributed by atoms with Crippen LogP contribution >= 0.6 is 27.5 Å². The minimum Gasteiger partial charge on any atom is -0.448 e. The molecule has 20 heavy (non-hydrogen) atoms. The first kappa shape index (κ1) is 15.1. The average molecular weight is 365 g/mol. The van der Waals surface area contributed by atoms with E-state index < -0.39 is 11.9 Å². The molecule has 1 aromatic heterocycles. The molecule has 1 amide bonds. The summed E-state index contributed by atoms with van der Waals surface area (Å²) in [6, 6.07) is 2.94. The number of amides is 1. The van der Waals surface area contributed by atoms with Crippen LogP contribution in [-0.2, 0) is 11.3 Å². The number of aromatic nitrogens is 2. The summed E-state index contributed by atoms with van der Waals surface area (Å²) in [5, 5.41) is -0.363. The molecule has 0 saturated carbocycles. The molecule has 0 spiro atoms. The molecule has 0 fully saturated rings. The topological polar surface area (TPSA) is 70.1 Å². The van der Waals surface area contributed by atoms with E-state index in [1.54, 1.807) is 17.6 Å². The number of alkyl halides is 1. The fourth-order valence-corrected chi connectivity index (χ4v) is 2.41. The quantitative estimate of drug-likeness (QED) is 0.846. The van der Waals surface area contributed by atoms with Gasteiger partial charge in [-0.25, -0.2) is 14.2 Å². The first-order valence-corrected chi connectivity index (χ1v) is 7.04. The Bertz CT molecular complexity index is 660. The molecule has 2 aromatic rings. The number of primary amides is 1. The second-order valence-electron chi connectivity index (χ2n) is 4.16. The summed E-state index contributed by atoms with van der Waals surface area (Å²) in [5.74, 6) is 0.177. The maximum Gasteiger partial charge on any atom is 0.404 e. The Morgan fingerprint density at radius 3 is 2.95 bits per heavy atom. The number of carbonyl (C=O) groups is 1. The number of fused-ring (bicyclic) bond motifs is 1. The summed E-state index contributed by atoms with van der Waals surface area (Å²) >= 11 is 9.21. The van der Waals surface area contributed by atoms with Crippen LogP contribution in [0.25, 0.3) is 11.0 Å². The molecule has 0 saturated heterocycles. The maximum atomic E-state index is 13.5. The zero-order chi connectivity index (χ0) is 14.9. The number of hydrogen-bond donors (Lipinski definition) is 1. The van der Waals surface area contributed by atoms with Crippen LogP contribution in [0.2, 0.25) is 0 Å². The fourth-order valence-electron chi connectivity index (χ4n) is 1.91. The lowest BCUT2D eigenvalue weighted by atomic mass is 10.3. The van der Waals surface area contributed by atoms with Crippen molar-refractivity contribution in [3.63, 3.8) is 0 Å². The molecular formula is C12H12BrClFN3O2. The number of imidazole rings is 1. The molecule has 0 aliphatic heterocycles. The van der Waals surface area contributed by atoms with Gasteiger partial charge in [-0.1, -0.05) is 0 Å². The summed E-state index contributed by atoms with van der Waals surface area (Å²) < 4.78 is 20.4. The first-order valence-electron chi connectivity index (χ1n) is 5.81. The van der Waals surface area contributed by atoms with Gasteiger partial charge in [0.05, 0.1) is 27.4 Å². The minimum atomic E-state index is -0.845. The van der Waals surface area contributed by atoms with E-state index in [9.17, 15) is 9.18 Å². The largest absolute Gasteiger partial charge is 0.448 e. The van der Waals surface area contributed by atoms with Gasteiger partial charge in [-0.3, -0.25) is 0 Å². The van der Waals surface area contributed by atoms with Crippen molar-refractivity contribution in [3.8, 4) is 0 Å². The minimum absolute atomic E-state index is 0.0897. The van der Waals surface area contributed by atoms with Crippen LogP contribution in [0.15, 0.2) is 16.6 Å². The average Bonchev–Trinajstić information content (AvgIpc) is 2.68. The van der Waals surface area contributed by atoms with Crippen molar-refractivity contribution < 1.29 is 13.9 Å². The third kappa shape index (κ3) is 3.04. The molecular weight excluding hydrogens is 353 g/mol. The number of ether oxygens (including phenoxy) is 1. The SMILES string of the molecule is CC(Cl)c1nc2cc(F)c(Br)cc2n1CCOC(N)=O. The van der Waals surface area contributed by atoms with E-state index in [0.717, 1.165) is 0 Å². The lowest BCUT2D eigenvalue weighted by Gasteiger charge is -2.10. The van der Waals surface area contributed by atoms with Crippen molar-refractivity contribution in [2.45, 2.75) is 18.8 Å². The Hall–Kier alpha value is -1.34. The molecule has 0 aliphatic carbocycles. The molecule has 5 nitrogen and oxygen atoms in total. The van der Waals surface area contributed by atoms with Gasteiger partial charge < -0.3 is 15.0 Å². The predicted octanol–water partition coefficient (Wildman–Crippen LogP) is 3.33. The molecule has 1 heterocycles. The molecule has 2 N–H and O–H groups in total. The summed E-state index contributed by atoms with van der Waals surface area (Å²) in [7, 11) is 0. The van der Waals surface area contributed by atoms with E-state index in [2.05, 4.69) is 20.9 Å². The number of benzene rings is 1. The molecule has 1 aromatic carbocycles. The fraction of sp³-hybridized carbons (Fsp3) is 0.333. The number of halogens is 3. The van der Waals surface area contributed by atoms with Crippen LogP contribution in [0.5, 0.6) is 0 Å². The zero-order valence-corrected chi connectivity index (χ0v) is 12.9. The van der Waals surface area contributed by atoms with Crippen LogP contribution in [0, 0.1) is 5.82 Å². The molecule has 1 atom stereocenters. The Morgan fingerprint density at radius 1 is 1.65 bits per heavy atom. The van der Waals surface area contributed by atoms with Crippen molar-refractivity contribution in [1.29, 1.82) is 0 Å². The second kappa shape index (κ2) is 5.97. The van der Waals surface area contributed by atoms with Gasteiger partial charge in [0.15, 0.2) is 0 Å². The first-order chi connectivity index (χ1) is 9.40. The van der Waals surface area contributed by atoms with E-state index in [4.69, 9.17) is 22.1 Å².